The van der Waals surface area contributed by atoms with Crippen LogP contribution in [0.5, 0.6) is 6.01 Å². The molecule has 0 atom stereocenters. The lowest BCUT2D eigenvalue weighted by atomic mass is 9.95. The van der Waals surface area contributed by atoms with Crippen molar-refractivity contribution in [2.45, 2.75) is 34.6 Å². The second kappa shape index (κ2) is 9.75. The van der Waals surface area contributed by atoms with Crippen molar-refractivity contribution in [2.75, 3.05) is 25.1 Å². The zero-order valence-corrected chi connectivity index (χ0v) is 18.8. The number of carbonyl (C=O) groups excluding carboxylic acids is 1. The average molecular weight is 423 g/mol. The topological polar surface area (TPSA) is 78.3 Å². The van der Waals surface area contributed by atoms with Gasteiger partial charge in [0.2, 0.25) is 5.91 Å². The predicted molar refractivity (Wildman–Crippen MR) is 122 cm³/mol. The van der Waals surface area contributed by atoms with Gasteiger partial charge in [-0.25, -0.2) is 4.68 Å². The first-order chi connectivity index (χ1) is 14.8. The molecule has 3 aromatic rings. The molecule has 0 saturated heterocycles. The van der Waals surface area contributed by atoms with E-state index in [2.05, 4.69) is 15.4 Å². The van der Waals surface area contributed by atoms with Crippen LogP contribution in [-0.4, -0.2) is 40.5 Å². The predicted octanol–water partition coefficient (Wildman–Crippen LogP) is 4.64. The number of rotatable bonds is 8. The first-order valence-electron chi connectivity index (χ1n) is 10.4. The molecule has 1 amide bonds. The zero-order valence-electron chi connectivity index (χ0n) is 18.8. The molecule has 0 radical (unpaired) electrons. The van der Waals surface area contributed by atoms with E-state index in [9.17, 15) is 4.79 Å². The van der Waals surface area contributed by atoms with E-state index < -0.39 is 5.41 Å². The summed E-state index contributed by atoms with van der Waals surface area (Å²) in [6, 6.07) is 15.8. The number of benzene rings is 2. The second-order valence-electron chi connectivity index (χ2n) is 8.24. The van der Waals surface area contributed by atoms with Crippen molar-refractivity contribution >= 4 is 11.6 Å². The van der Waals surface area contributed by atoms with E-state index in [0.29, 0.717) is 31.7 Å². The molecule has 1 aromatic heterocycles. The van der Waals surface area contributed by atoms with E-state index in [1.54, 1.807) is 4.68 Å². The number of carbonyl (C=O) groups is 1. The number of hydrogen-bond donors (Lipinski definition) is 1. The molecule has 164 valence electrons. The third-order valence-corrected chi connectivity index (χ3v) is 4.69. The number of nitrogens with one attached hydrogen (secondary N) is 1. The second-order valence-corrected chi connectivity index (χ2v) is 8.24. The van der Waals surface area contributed by atoms with Crippen LogP contribution in [0.3, 0.4) is 0 Å². The summed E-state index contributed by atoms with van der Waals surface area (Å²) in [7, 11) is 0. The van der Waals surface area contributed by atoms with Gasteiger partial charge in [0.15, 0.2) is 5.82 Å². The van der Waals surface area contributed by atoms with Crippen molar-refractivity contribution in [3.63, 3.8) is 0 Å². The molecule has 0 spiro atoms. The maximum absolute atomic E-state index is 12.3. The number of aromatic nitrogens is 3. The van der Waals surface area contributed by atoms with Crippen LogP contribution < -0.4 is 10.1 Å². The Labute approximate surface area is 183 Å². The molecule has 0 aliphatic heterocycles. The van der Waals surface area contributed by atoms with Crippen LogP contribution in [0, 0.1) is 12.3 Å². The van der Waals surface area contributed by atoms with Gasteiger partial charge < -0.3 is 14.8 Å². The molecule has 3 rings (SSSR count). The molecule has 2 aromatic carbocycles. The van der Waals surface area contributed by atoms with E-state index in [1.165, 1.54) is 0 Å². The summed E-state index contributed by atoms with van der Waals surface area (Å²) < 4.78 is 12.8. The number of aryl methyl sites for hydroxylation is 1. The van der Waals surface area contributed by atoms with Crippen molar-refractivity contribution in [1.82, 2.24) is 14.8 Å². The third kappa shape index (κ3) is 5.70. The largest absolute Gasteiger partial charge is 0.460 e. The van der Waals surface area contributed by atoms with Crippen LogP contribution in [0.4, 0.5) is 5.69 Å². The Hall–Kier alpha value is -3.19. The summed E-state index contributed by atoms with van der Waals surface area (Å²) in [6.07, 6.45) is 0. The zero-order chi connectivity index (χ0) is 22.4. The van der Waals surface area contributed by atoms with Crippen LogP contribution in [0.25, 0.3) is 17.1 Å². The summed E-state index contributed by atoms with van der Waals surface area (Å²) in [5.41, 5.74) is 3.15. The molecule has 0 saturated carbocycles. The third-order valence-electron chi connectivity index (χ3n) is 4.69. The van der Waals surface area contributed by atoms with Crippen molar-refractivity contribution in [3.05, 3.63) is 54.1 Å². The lowest BCUT2D eigenvalue weighted by Gasteiger charge is -2.17. The number of anilines is 1. The minimum absolute atomic E-state index is 0.0356. The molecule has 31 heavy (non-hydrogen) atoms. The number of hydrogen-bond acceptors (Lipinski definition) is 5. The van der Waals surface area contributed by atoms with Gasteiger partial charge in [-0.3, -0.25) is 4.79 Å². The van der Waals surface area contributed by atoms with Crippen molar-refractivity contribution < 1.29 is 14.3 Å². The van der Waals surface area contributed by atoms with Gasteiger partial charge in [-0.05, 0) is 43.7 Å². The van der Waals surface area contributed by atoms with Crippen LogP contribution in [0.15, 0.2) is 48.5 Å². The van der Waals surface area contributed by atoms with Gasteiger partial charge in [-0.2, -0.15) is 4.98 Å². The molecule has 7 heteroatoms. The molecule has 0 unspecified atom stereocenters. The van der Waals surface area contributed by atoms with E-state index >= 15 is 0 Å². The first-order valence-corrected chi connectivity index (χ1v) is 10.4. The Morgan fingerprint density at radius 3 is 2.42 bits per heavy atom. The summed E-state index contributed by atoms with van der Waals surface area (Å²) in [4.78, 5) is 16.9. The maximum atomic E-state index is 12.3. The number of amides is 1. The van der Waals surface area contributed by atoms with Crippen molar-refractivity contribution in [1.29, 1.82) is 0 Å². The van der Waals surface area contributed by atoms with E-state index in [-0.39, 0.29) is 5.91 Å². The Morgan fingerprint density at radius 2 is 1.77 bits per heavy atom. The van der Waals surface area contributed by atoms with Gasteiger partial charge in [0.25, 0.3) is 0 Å². The first kappa shape index (κ1) is 22.5. The van der Waals surface area contributed by atoms with Gasteiger partial charge in [-0.15, -0.1) is 5.10 Å². The number of nitrogens with zero attached hydrogens (tertiary/aromatic N) is 3. The summed E-state index contributed by atoms with van der Waals surface area (Å²) >= 11 is 0. The quantitative estimate of drug-likeness (QED) is 0.535. The summed E-state index contributed by atoms with van der Waals surface area (Å²) in [5.74, 6) is 0.655. The minimum Gasteiger partial charge on any atom is -0.460 e. The highest BCUT2D eigenvalue weighted by Crippen LogP contribution is 2.27. The fourth-order valence-corrected chi connectivity index (χ4v) is 2.87. The van der Waals surface area contributed by atoms with Crippen molar-refractivity contribution in [3.8, 4) is 23.1 Å². The molecule has 1 N–H and O–H groups in total. The molecule has 7 nitrogen and oxygen atoms in total. The Morgan fingerprint density at radius 1 is 1.06 bits per heavy atom. The summed E-state index contributed by atoms with van der Waals surface area (Å²) in [6.45, 7) is 11.1. The van der Waals surface area contributed by atoms with Crippen LogP contribution in [0.2, 0.25) is 0 Å². The molecule has 0 aliphatic rings. The SMILES string of the molecule is CCOCCOc1nc(-c2ccccc2C)n(-c2ccc(NC(=O)C(C)(C)C)cc2)n1. The van der Waals surface area contributed by atoms with Crippen molar-refractivity contribution in [2.24, 2.45) is 5.41 Å². The molecule has 0 aliphatic carbocycles. The highest BCUT2D eigenvalue weighted by molar-refractivity contribution is 5.94. The smallest absolute Gasteiger partial charge is 0.336 e. The Balaban J connectivity index is 1.90. The minimum atomic E-state index is -0.462. The van der Waals surface area contributed by atoms with E-state index in [4.69, 9.17) is 9.47 Å². The highest BCUT2D eigenvalue weighted by atomic mass is 16.5. The molecule has 0 fully saturated rings. The summed E-state index contributed by atoms with van der Waals surface area (Å²) in [5, 5.41) is 7.50. The number of ether oxygens (including phenoxy) is 2. The lowest BCUT2D eigenvalue weighted by Crippen LogP contribution is -2.27. The van der Waals surface area contributed by atoms with Crippen LogP contribution in [-0.2, 0) is 9.53 Å². The standard InChI is InChI=1S/C24H30N4O3/c1-6-30-15-16-31-23-26-21(20-10-8-7-9-17(20)2)28(27-23)19-13-11-18(12-14-19)25-22(29)24(3,4)5/h7-14H,6,15-16H2,1-5H3,(H,25,29). The molecule has 1 heterocycles. The van der Waals surface area contributed by atoms with E-state index in [1.807, 2.05) is 83.1 Å². The van der Waals surface area contributed by atoms with Gasteiger partial charge in [0, 0.05) is 23.3 Å². The average Bonchev–Trinajstić information content (AvgIpc) is 3.15. The van der Waals surface area contributed by atoms with Crippen LogP contribution in [0.1, 0.15) is 33.3 Å². The van der Waals surface area contributed by atoms with E-state index in [0.717, 1.165) is 22.5 Å². The fraction of sp³-hybridized carbons (Fsp3) is 0.375. The lowest BCUT2D eigenvalue weighted by molar-refractivity contribution is -0.123. The normalized spacial score (nSPS) is 11.4. The molecule has 0 bridgehead atoms. The van der Waals surface area contributed by atoms with Gasteiger partial charge in [-0.1, -0.05) is 45.0 Å². The monoisotopic (exact) mass is 422 g/mol. The Kier molecular flexibility index (Phi) is 7.07. The molecular weight excluding hydrogens is 392 g/mol. The Bertz CT molecular complexity index is 1020. The van der Waals surface area contributed by atoms with Gasteiger partial charge in [0.1, 0.15) is 6.61 Å². The van der Waals surface area contributed by atoms with Gasteiger partial charge in [0.05, 0.1) is 12.3 Å². The highest BCUT2D eigenvalue weighted by Gasteiger charge is 2.21. The maximum Gasteiger partial charge on any atom is 0.336 e. The van der Waals surface area contributed by atoms with Crippen LogP contribution >= 0.6 is 0 Å². The molecular formula is C24H30N4O3. The fourth-order valence-electron chi connectivity index (χ4n) is 2.87. The van der Waals surface area contributed by atoms with Gasteiger partial charge >= 0.3 is 6.01 Å².